The number of nitrogens with one attached hydrogen (secondary N) is 4. The fourth-order valence-corrected chi connectivity index (χ4v) is 4.21. The fraction of sp³-hybridized carbons (Fsp3) is 0.296. The van der Waals surface area contributed by atoms with Crippen LogP contribution in [0, 0.1) is 5.92 Å². The van der Waals surface area contributed by atoms with Gasteiger partial charge >= 0.3 is 5.97 Å². The summed E-state index contributed by atoms with van der Waals surface area (Å²) in [6.45, 7) is 3.37. The Morgan fingerprint density at radius 2 is 1.89 bits per heavy atom. The number of hydrogen-bond donors (Lipinski definition) is 5. The van der Waals surface area contributed by atoms with Crippen molar-refractivity contribution in [3.05, 3.63) is 77.0 Å². The fourth-order valence-electron chi connectivity index (χ4n) is 4.21. The zero-order chi connectivity index (χ0) is 26.9. The van der Waals surface area contributed by atoms with Gasteiger partial charge in [0.2, 0.25) is 11.9 Å². The number of hydrazine groups is 1. The minimum Gasteiger partial charge on any atom is -0.451 e. The van der Waals surface area contributed by atoms with E-state index in [1.54, 1.807) is 18.2 Å². The van der Waals surface area contributed by atoms with Gasteiger partial charge in [0.1, 0.15) is 17.0 Å². The molecule has 5 N–H and O–H groups in total. The van der Waals surface area contributed by atoms with E-state index < -0.39 is 17.6 Å². The molecule has 0 radical (unpaired) electrons. The Morgan fingerprint density at radius 3 is 2.61 bits per heavy atom. The molecule has 0 saturated heterocycles. The maximum Gasteiger partial charge on any atom is 0.339 e. The van der Waals surface area contributed by atoms with Gasteiger partial charge < -0.3 is 20.5 Å². The molecule has 5 rings (SSSR count). The van der Waals surface area contributed by atoms with E-state index >= 15 is 0 Å². The number of rotatable bonds is 8. The Balaban J connectivity index is 1.42. The molecule has 2 aromatic carbocycles. The van der Waals surface area contributed by atoms with Crippen molar-refractivity contribution in [2.75, 3.05) is 17.2 Å². The molecule has 1 fully saturated rings. The molecule has 38 heavy (non-hydrogen) atoms. The van der Waals surface area contributed by atoms with Crippen LogP contribution in [-0.2, 0) is 15.1 Å². The number of cyclic esters (lactones) is 1. The highest BCUT2D eigenvalue weighted by atomic mass is 16.6. The molecule has 1 aromatic heterocycles. The van der Waals surface area contributed by atoms with E-state index in [4.69, 9.17) is 4.74 Å². The topological polar surface area (TPSA) is 155 Å². The number of ether oxygens (including phenoxy) is 1. The summed E-state index contributed by atoms with van der Waals surface area (Å²) in [4.78, 5) is 45.8. The number of hydrogen-bond acceptors (Lipinski definition) is 9. The average Bonchev–Trinajstić information content (AvgIpc) is 3.73. The second-order valence-corrected chi connectivity index (χ2v) is 9.75. The molecule has 11 nitrogen and oxygen atoms in total. The lowest BCUT2D eigenvalue weighted by molar-refractivity contribution is -0.123. The van der Waals surface area contributed by atoms with Crippen LogP contribution in [0.2, 0.25) is 0 Å². The number of aliphatic hydroxyl groups excluding tert-OH is 1. The van der Waals surface area contributed by atoms with Crippen LogP contribution in [0.5, 0.6) is 0 Å². The molecule has 2 aliphatic rings. The number of esters is 1. The maximum absolute atomic E-state index is 12.9. The first-order valence-electron chi connectivity index (χ1n) is 12.3. The summed E-state index contributed by atoms with van der Waals surface area (Å²) in [5.41, 5.74) is 6.80. The van der Waals surface area contributed by atoms with Crippen LogP contribution in [0.1, 0.15) is 64.6 Å². The molecule has 1 aliphatic heterocycles. The van der Waals surface area contributed by atoms with E-state index in [-0.39, 0.29) is 41.7 Å². The van der Waals surface area contributed by atoms with Crippen LogP contribution < -0.4 is 21.5 Å². The second-order valence-electron chi connectivity index (χ2n) is 9.75. The number of carbonyl (C=O) groups excluding carboxylic acids is 3. The predicted octanol–water partition coefficient (Wildman–Crippen LogP) is 2.94. The second kappa shape index (κ2) is 10.1. The predicted molar refractivity (Wildman–Crippen MR) is 138 cm³/mol. The molecule has 11 heteroatoms. The molecule has 2 amide bonds. The monoisotopic (exact) mass is 516 g/mol. The van der Waals surface area contributed by atoms with Crippen LogP contribution in [0.4, 0.5) is 17.5 Å². The number of nitrogens with zero attached hydrogens (tertiary/aromatic N) is 2. The zero-order valence-corrected chi connectivity index (χ0v) is 20.9. The summed E-state index contributed by atoms with van der Waals surface area (Å²) < 4.78 is 5.44. The van der Waals surface area contributed by atoms with Gasteiger partial charge in [-0.15, -0.1) is 0 Å². The van der Waals surface area contributed by atoms with Crippen LogP contribution in [0.15, 0.2) is 54.7 Å². The molecular formula is C27H28N6O5. The van der Waals surface area contributed by atoms with Crippen molar-refractivity contribution in [1.82, 2.24) is 20.8 Å². The van der Waals surface area contributed by atoms with Gasteiger partial charge in [-0.05, 0) is 50.5 Å². The third-order valence-electron chi connectivity index (χ3n) is 6.47. The van der Waals surface area contributed by atoms with Crippen molar-refractivity contribution >= 4 is 35.2 Å². The zero-order valence-electron chi connectivity index (χ0n) is 20.9. The Hall–Kier alpha value is -4.51. The van der Waals surface area contributed by atoms with E-state index in [0.717, 1.165) is 24.0 Å². The highest BCUT2D eigenvalue weighted by Crippen LogP contribution is 2.37. The van der Waals surface area contributed by atoms with Gasteiger partial charge in [-0.1, -0.05) is 30.3 Å². The smallest absolute Gasteiger partial charge is 0.339 e. The SMILES string of the molecule is CC1(C)OC(=O)c2ccc(Nc3ncc(C(=O)NNC(=O)C4CC4)c(NC(CO)c4ccccc4)n3)cc21. The Labute approximate surface area is 219 Å². The van der Waals surface area contributed by atoms with E-state index in [1.165, 1.54) is 6.20 Å². The van der Waals surface area contributed by atoms with Crippen molar-refractivity contribution in [2.45, 2.75) is 38.3 Å². The first-order chi connectivity index (χ1) is 18.2. The summed E-state index contributed by atoms with van der Waals surface area (Å²) >= 11 is 0. The first kappa shape index (κ1) is 25.2. The Kier molecular flexibility index (Phi) is 6.68. The summed E-state index contributed by atoms with van der Waals surface area (Å²) in [5.74, 6) is -0.966. The third-order valence-corrected chi connectivity index (χ3v) is 6.47. The first-order valence-corrected chi connectivity index (χ1v) is 12.3. The molecule has 3 aromatic rings. The quantitative estimate of drug-likeness (QED) is 0.224. The van der Waals surface area contributed by atoms with E-state index in [1.807, 2.05) is 44.2 Å². The van der Waals surface area contributed by atoms with E-state index in [0.29, 0.717) is 11.3 Å². The lowest BCUT2D eigenvalue weighted by Gasteiger charge is -2.20. The van der Waals surface area contributed by atoms with Gasteiger partial charge in [0, 0.05) is 23.4 Å². The number of aromatic nitrogens is 2. The molecule has 196 valence electrons. The number of fused-ring (bicyclic) bond motifs is 1. The third kappa shape index (κ3) is 5.28. The summed E-state index contributed by atoms with van der Waals surface area (Å²) in [6.07, 6.45) is 2.93. The number of amides is 2. The van der Waals surface area contributed by atoms with E-state index in [9.17, 15) is 19.5 Å². The van der Waals surface area contributed by atoms with Crippen molar-refractivity contribution in [1.29, 1.82) is 0 Å². The summed E-state index contributed by atoms with van der Waals surface area (Å²) in [7, 11) is 0. The lowest BCUT2D eigenvalue weighted by atomic mass is 9.95. The minimum absolute atomic E-state index is 0.0782. The van der Waals surface area contributed by atoms with Gasteiger partial charge in [0.05, 0.1) is 18.2 Å². The molecular weight excluding hydrogens is 488 g/mol. The molecule has 0 spiro atoms. The molecule has 1 atom stereocenters. The average molecular weight is 517 g/mol. The van der Waals surface area contributed by atoms with Crippen LogP contribution in [0.3, 0.4) is 0 Å². The van der Waals surface area contributed by atoms with Crippen molar-refractivity contribution in [3.63, 3.8) is 0 Å². The Bertz CT molecular complexity index is 1390. The minimum atomic E-state index is -0.769. The number of carbonyl (C=O) groups is 3. The standard InChI is InChI=1S/C27H28N6O5/c1-27(2)20-12-17(10-11-18(20)25(37)38-27)29-26-28-13-19(24(36)33-32-23(35)16-8-9-16)22(31-26)30-21(14-34)15-6-4-3-5-7-15/h3-7,10-13,16,21,34H,8-9,14H2,1-2H3,(H,32,35)(H,33,36)(H2,28,29,30,31). The summed E-state index contributed by atoms with van der Waals surface area (Å²) in [6, 6.07) is 13.9. The van der Waals surface area contributed by atoms with Crippen molar-refractivity contribution < 1.29 is 24.2 Å². The molecule has 2 heterocycles. The molecule has 1 saturated carbocycles. The van der Waals surface area contributed by atoms with Gasteiger partial charge in [-0.2, -0.15) is 4.98 Å². The maximum atomic E-state index is 12.9. The van der Waals surface area contributed by atoms with E-state index in [2.05, 4.69) is 31.5 Å². The van der Waals surface area contributed by atoms with Gasteiger partial charge in [0.15, 0.2) is 0 Å². The van der Waals surface area contributed by atoms with Crippen LogP contribution in [0.25, 0.3) is 0 Å². The molecule has 1 aliphatic carbocycles. The number of aliphatic hydroxyl groups is 1. The van der Waals surface area contributed by atoms with Crippen LogP contribution >= 0.6 is 0 Å². The number of anilines is 3. The largest absolute Gasteiger partial charge is 0.451 e. The van der Waals surface area contributed by atoms with Gasteiger partial charge in [-0.25, -0.2) is 9.78 Å². The van der Waals surface area contributed by atoms with Crippen LogP contribution in [-0.4, -0.2) is 39.5 Å². The van der Waals surface area contributed by atoms with Gasteiger partial charge in [-0.3, -0.25) is 20.4 Å². The highest BCUT2D eigenvalue weighted by Gasteiger charge is 2.37. The highest BCUT2D eigenvalue weighted by molar-refractivity contribution is 6.00. The number of benzene rings is 2. The summed E-state index contributed by atoms with van der Waals surface area (Å²) in [5, 5.41) is 16.3. The molecule has 0 bridgehead atoms. The Morgan fingerprint density at radius 1 is 1.13 bits per heavy atom. The van der Waals surface area contributed by atoms with Crippen molar-refractivity contribution in [3.8, 4) is 0 Å². The van der Waals surface area contributed by atoms with Gasteiger partial charge in [0.25, 0.3) is 5.91 Å². The lowest BCUT2D eigenvalue weighted by Crippen LogP contribution is -2.42. The van der Waals surface area contributed by atoms with Crippen molar-refractivity contribution in [2.24, 2.45) is 5.92 Å². The normalized spacial score (nSPS) is 16.1. The molecule has 1 unspecified atom stereocenters.